The van der Waals surface area contributed by atoms with Gasteiger partial charge in [0.1, 0.15) is 11.5 Å². The molecule has 186 valence electrons. The first-order valence-electron chi connectivity index (χ1n) is 11.9. The van der Waals surface area contributed by atoms with Crippen molar-refractivity contribution in [2.24, 2.45) is 0 Å². The van der Waals surface area contributed by atoms with Gasteiger partial charge in [-0.15, -0.1) is 0 Å². The molecule has 1 aliphatic rings. The first-order chi connectivity index (χ1) is 16.6. The van der Waals surface area contributed by atoms with Crippen LogP contribution < -0.4 is 4.74 Å². The van der Waals surface area contributed by atoms with E-state index in [1.165, 1.54) is 5.56 Å². The van der Waals surface area contributed by atoms with Crippen LogP contribution in [-0.2, 0) is 20.0 Å². The molecule has 0 amide bonds. The van der Waals surface area contributed by atoms with Gasteiger partial charge in [-0.2, -0.15) is 0 Å². The summed E-state index contributed by atoms with van der Waals surface area (Å²) >= 11 is 6.11. The minimum atomic E-state index is -3.42. The van der Waals surface area contributed by atoms with Crippen LogP contribution in [0.4, 0.5) is 0 Å². The Balaban J connectivity index is 1.45. The lowest BCUT2D eigenvalue weighted by Gasteiger charge is -2.30. The van der Waals surface area contributed by atoms with Crippen LogP contribution in [0.2, 0.25) is 5.02 Å². The van der Waals surface area contributed by atoms with E-state index in [0.29, 0.717) is 29.5 Å². The predicted molar refractivity (Wildman–Crippen MR) is 140 cm³/mol. The van der Waals surface area contributed by atoms with Crippen molar-refractivity contribution in [3.8, 4) is 11.5 Å². The van der Waals surface area contributed by atoms with Gasteiger partial charge in [0.25, 0.3) is 0 Å². The van der Waals surface area contributed by atoms with E-state index in [2.05, 4.69) is 19.9 Å². The molecular formula is C28H32ClO5P. The van der Waals surface area contributed by atoms with Crippen molar-refractivity contribution >= 4 is 19.2 Å². The highest BCUT2D eigenvalue weighted by Crippen LogP contribution is 2.56. The molecule has 3 aromatic rings. The number of aromatic hydroxyl groups is 1. The van der Waals surface area contributed by atoms with Crippen molar-refractivity contribution in [1.82, 2.24) is 0 Å². The quantitative estimate of drug-likeness (QED) is 0.323. The average molecular weight is 515 g/mol. The number of ether oxygens (including phenoxy) is 1. The molecule has 35 heavy (non-hydrogen) atoms. The van der Waals surface area contributed by atoms with Crippen LogP contribution in [0.25, 0.3) is 0 Å². The van der Waals surface area contributed by atoms with Crippen LogP contribution in [0.5, 0.6) is 11.5 Å². The van der Waals surface area contributed by atoms with E-state index in [-0.39, 0.29) is 18.4 Å². The molecule has 0 saturated carbocycles. The minimum absolute atomic E-state index is 0.155. The molecule has 1 aliphatic heterocycles. The van der Waals surface area contributed by atoms with E-state index >= 15 is 0 Å². The van der Waals surface area contributed by atoms with Crippen LogP contribution >= 0.6 is 19.2 Å². The Kier molecular flexibility index (Phi) is 7.92. The lowest BCUT2D eigenvalue weighted by Crippen LogP contribution is -2.17. The predicted octanol–water partition coefficient (Wildman–Crippen LogP) is 8.08. The van der Waals surface area contributed by atoms with Crippen LogP contribution in [-0.4, -0.2) is 18.1 Å². The number of hydrogen-bond donors (Lipinski definition) is 1. The number of phenols is 1. The fraction of sp³-hybridized carbons (Fsp3) is 0.357. The molecule has 1 saturated heterocycles. The molecule has 1 heterocycles. The Hall–Kier alpha value is -2.30. The smallest absolute Gasteiger partial charge is 0.368 e. The van der Waals surface area contributed by atoms with Crippen LogP contribution in [0, 0.1) is 13.8 Å². The highest BCUT2D eigenvalue weighted by atomic mass is 35.5. The van der Waals surface area contributed by atoms with E-state index in [0.717, 1.165) is 34.2 Å². The van der Waals surface area contributed by atoms with E-state index < -0.39 is 7.60 Å². The number of benzene rings is 3. The van der Waals surface area contributed by atoms with E-state index in [1.807, 2.05) is 50.2 Å². The molecular weight excluding hydrogens is 483 g/mol. The zero-order chi connectivity index (χ0) is 25.2. The molecule has 1 N–H and O–H groups in total. The number of aryl methyl sites for hydroxylation is 2. The fourth-order valence-corrected chi connectivity index (χ4v) is 6.13. The highest BCUT2D eigenvalue weighted by Gasteiger charge is 2.35. The Labute approximate surface area is 212 Å². The van der Waals surface area contributed by atoms with Crippen molar-refractivity contribution in [2.75, 3.05) is 13.0 Å². The maximum absolute atomic E-state index is 13.2. The van der Waals surface area contributed by atoms with Crippen molar-refractivity contribution in [3.63, 3.8) is 0 Å². The Morgan fingerprint density at radius 2 is 1.86 bits per heavy atom. The van der Waals surface area contributed by atoms with E-state index in [1.54, 1.807) is 12.1 Å². The maximum atomic E-state index is 13.2. The Morgan fingerprint density at radius 3 is 2.54 bits per heavy atom. The number of halogens is 1. The zero-order valence-electron chi connectivity index (χ0n) is 20.6. The summed E-state index contributed by atoms with van der Waals surface area (Å²) in [5.74, 6) is 1.21. The highest BCUT2D eigenvalue weighted by molar-refractivity contribution is 7.53. The molecule has 5 nitrogen and oxygen atoms in total. The monoisotopic (exact) mass is 514 g/mol. The molecule has 4 rings (SSSR count). The van der Waals surface area contributed by atoms with Crippen molar-refractivity contribution in [3.05, 3.63) is 93.0 Å². The van der Waals surface area contributed by atoms with Crippen LogP contribution in [0.3, 0.4) is 0 Å². The molecule has 1 fully saturated rings. The standard InChI is InChI=1S/C28H32ClO5P/c1-18(2)25-14-21(8-9-27(25)30)15-26-19(3)12-24(13-20(26)4)32-17-35(31)33-11-10-28(34-35)22-6-5-7-23(29)16-22/h5-9,12-14,16,18,28,30H,10-11,15,17H2,1-4H3. The molecule has 0 spiro atoms. The number of rotatable bonds is 7. The SMILES string of the molecule is Cc1cc(OCP2(=O)OCCC(c3cccc(Cl)c3)O2)cc(C)c1Cc1ccc(O)c(C(C)C)c1. The fourth-order valence-electron chi connectivity index (χ4n) is 4.43. The largest absolute Gasteiger partial charge is 0.508 e. The second-order valence-electron chi connectivity index (χ2n) is 9.42. The first-order valence-corrected chi connectivity index (χ1v) is 14.0. The van der Waals surface area contributed by atoms with Gasteiger partial charge in [0.05, 0.1) is 12.7 Å². The second-order valence-corrected chi connectivity index (χ2v) is 11.8. The molecule has 0 aromatic heterocycles. The van der Waals surface area contributed by atoms with Gasteiger partial charge < -0.3 is 14.4 Å². The molecule has 3 aromatic carbocycles. The van der Waals surface area contributed by atoms with Gasteiger partial charge in [-0.1, -0.05) is 49.7 Å². The average Bonchev–Trinajstić information content (AvgIpc) is 2.81. The summed E-state index contributed by atoms with van der Waals surface area (Å²) in [5.41, 5.74) is 6.35. The van der Waals surface area contributed by atoms with Gasteiger partial charge in [0, 0.05) is 11.4 Å². The third kappa shape index (κ3) is 6.29. The third-order valence-electron chi connectivity index (χ3n) is 6.33. The topological polar surface area (TPSA) is 65.0 Å². The van der Waals surface area contributed by atoms with Gasteiger partial charge in [0.2, 0.25) is 0 Å². The minimum Gasteiger partial charge on any atom is -0.508 e. The third-order valence-corrected chi connectivity index (χ3v) is 8.16. The van der Waals surface area contributed by atoms with E-state index in [4.69, 9.17) is 25.4 Å². The second kappa shape index (κ2) is 10.8. The first kappa shape index (κ1) is 25.8. The van der Waals surface area contributed by atoms with Crippen LogP contribution in [0.1, 0.15) is 65.7 Å². The number of phenolic OH excluding ortho intramolecular Hbond substituents is 1. The molecule has 7 heteroatoms. The zero-order valence-corrected chi connectivity index (χ0v) is 22.2. The summed E-state index contributed by atoms with van der Waals surface area (Å²) in [6.45, 7) is 8.57. The van der Waals surface area contributed by atoms with Gasteiger partial charge >= 0.3 is 7.60 Å². The van der Waals surface area contributed by atoms with Crippen molar-refractivity contribution < 1.29 is 23.5 Å². The summed E-state index contributed by atoms with van der Waals surface area (Å²) in [6, 6.07) is 17.1. The van der Waals surface area contributed by atoms with E-state index in [9.17, 15) is 9.67 Å². The molecule has 2 unspecified atom stereocenters. The number of hydrogen-bond acceptors (Lipinski definition) is 5. The summed E-state index contributed by atoms with van der Waals surface area (Å²) in [6.07, 6.45) is 0.860. The van der Waals surface area contributed by atoms with Gasteiger partial charge in [-0.3, -0.25) is 9.09 Å². The normalized spacial score (nSPS) is 20.2. The lowest BCUT2D eigenvalue weighted by molar-refractivity contribution is 0.0725. The summed E-state index contributed by atoms with van der Waals surface area (Å²) in [7, 11) is -3.42. The molecule has 2 atom stereocenters. The summed E-state index contributed by atoms with van der Waals surface area (Å²) in [4.78, 5) is 0. The molecule has 0 radical (unpaired) electrons. The Morgan fingerprint density at radius 1 is 1.11 bits per heavy atom. The van der Waals surface area contributed by atoms with Gasteiger partial charge in [-0.25, -0.2) is 0 Å². The van der Waals surface area contributed by atoms with Crippen molar-refractivity contribution in [2.45, 2.75) is 52.6 Å². The summed E-state index contributed by atoms with van der Waals surface area (Å²) < 4.78 is 30.6. The molecule has 0 aliphatic carbocycles. The van der Waals surface area contributed by atoms with Crippen molar-refractivity contribution in [1.29, 1.82) is 0 Å². The van der Waals surface area contributed by atoms with Gasteiger partial charge in [-0.05, 0) is 89.9 Å². The van der Waals surface area contributed by atoms with Gasteiger partial charge in [0.15, 0.2) is 6.35 Å². The van der Waals surface area contributed by atoms with Crippen LogP contribution in [0.15, 0.2) is 54.6 Å². The lowest BCUT2D eigenvalue weighted by atomic mass is 9.93. The summed E-state index contributed by atoms with van der Waals surface area (Å²) in [5, 5.41) is 10.7. The maximum Gasteiger partial charge on any atom is 0.368 e. The molecule has 0 bridgehead atoms. The Bertz CT molecular complexity index is 1230.